The number of benzene rings is 2. The van der Waals surface area contributed by atoms with Crippen molar-refractivity contribution in [1.29, 1.82) is 0 Å². The maximum Gasteiger partial charge on any atom is 0.297 e. The van der Waals surface area contributed by atoms with Crippen LogP contribution in [0.4, 0.5) is 14.5 Å². The summed E-state index contributed by atoms with van der Waals surface area (Å²) in [6, 6.07) is 14.6. The average Bonchev–Trinajstić information content (AvgIpc) is 2.81. The van der Waals surface area contributed by atoms with Crippen molar-refractivity contribution >= 4 is 22.5 Å². The van der Waals surface area contributed by atoms with Crippen LogP contribution in [0.15, 0.2) is 65.6 Å². The molecule has 0 aliphatic heterocycles. The lowest BCUT2D eigenvalue weighted by molar-refractivity contribution is 0.0976. The number of Topliss-reactive ketones (excluding diaryl/α,β-unsaturated/α-hetero) is 1. The van der Waals surface area contributed by atoms with E-state index in [0.29, 0.717) is 11.2 Å². The number of carbonyl (C=O) groups excluding carboxylic acids is 1. The number of fused-ring (bicyclic) bond motifs is 1. The summed E-state index contributed by atoms with van der Waals surface area (Å²) in [5, 5.41) is 10.6. The lowest BCUT2D eigenvalue weighted by Gasteiger charge is -2.12. The summed E-state index contributed by atoms with van der Waals surface area (Å²) in [6.45, 7) is 0. The minimum absolute atomic E-state index is 0.0529. The molecule has 168 valence electrons. The van der Waals surface area contributed by atoms with E-state index in [2.05, 4.69) is 4.98 Å². The highest BCUT2D eigenvalue weighted by atomic mass is 19.1. The number of pyridine rings is 2. The van der Waals surface area contributed by atoms with Gasteiger partial charge in [0, 0.05) is 24.1 Å². The van der Waals surface area contributed by atoms with Gasteiger partial charge in [0.15, 0.2) is 11.4 Å². The molecule has 0 aliphatic rings. The van der Waals surface area contributed by atoms with E-state index in [1.807, 2.05) is 30.3 Å². The van der Waals surface area contributed by atoms with E-state index in [4.69, 9.17) is 5.73 Å². The molecule has 0 aliphatic carbocycles. The molecule has 4 rings (SSSR count). The lowest BCUT2D eigenvalue weighted by Crippen LogP contribution is -2.28. The number of nitrogens with zero attached hydrogens (tertiary/aromatic N) is 2. The Kier molecular flexibility index (Phi) is 6.17. The Hall–Kier alpha value is -4.07. The van der Waals surface area contributed by atoms with Crippen molar-refractivity contribution in [2.24, 2.45) is 0 Å². The number of carbonyl (C=O) groups is 1. The highest BCUT2D eigenvalue weighted by molar-refractivity contribution is 6.06. The first-order valence-corrected chi connectivity index (χ1v) is 10.4. The molecule has 4 aromatic rings. The van der Waals surface area contributed by atoms with Crippen molar-refractivity contribution in [3.8, 4) is 0 Å². The number of rotatable bonds is 7. The van der Waals surface area contributed by atoms with E-state index in [9.17, 15) is 23.6 Å². The Morgan fingerprint density at radius 1 is 1.00 bits per heavy atom. The van der Waals surface area contributed by atoms with Crippen molar-refractivity contribution in [3.05, 3.63) is 105 Å². The SMILES string of the molecule is Nc1c(C(=O)CCc2ccc(F)cc2F)c(=O)n(O)c2ncc(CCc3ccccc3)cc12. The van der Waals surface area contributed by atoms with Crippen LogP contribution in [0, 0.1) is 11.6 Å². The predicted octanol–water partition coefficient (Wildman–Crippen LogP) is 4.09. The van der Waals surface area contributed by atoms with Gasteiger partial charge in [-0.2, -0.15) is 0 Å². The fourth-order valence-corrected chi connectivity index (χ4v) is 3.76. The lowest BCUT2D eigenvalue weighted by atomic mass is 10.00. The van der Waals surface area contributed by atoms with Crippen molar-refractivity contribution in [1.82, 2.24) is 9.71 Å². The van der Waals surface area contributed by atoms with Gasteiger partial charge in [-0.1, -0.05) is 36.4 Å². The average molecular weight is 449 g/mol. The first kappa shape index (κ1) is 22.1. The van der Waals surface area contributed by atoms with Crippen LogP contribution in [0.3, 0.4) is 0 Å². The van der Waals surface area contributed by atoms with Gasteiger partial charge in [-0.25, -0.2) is 13.8 Å². The number of aryl methyl sites for hydroxylation is 3. The molecule has 0 saturated carbocycles. The molecule has 2 heterocycles. The molecule has 3 N–H and O–H groups in total. The van der Waals surface area contributed by atoms with E-state index >= 15 is 0 Å². The standard InChI is InChI=1S/C25H21F2N3O3/c26-18-10-8-17(20(27)13-18)9-11-21(31)22-23(28)19-12-16(7-6-15-4-2-1-3-5-15)14-29-24(19)30(33)25(22)32/h1-5,8,10,12-14,33H,6-7,9,11,28H2. The summed E-state index contributed by atoms with van der Waals surface area (Å²) < 4.78 is 27.3. The maximum atomic E-state index is 13.9. The Bertz CT molecular complexity index is 1400. The predicted molar refractivity (Wildman–Crippen MR) is 120 cm³/mol. The van der Waals surface area contributed by atoms with Gasteiger partial charge < -0.3 is 10.9 Å². The quantitative estimate of drug-likeness (QED) is 0.327. The maximum absolute atomic E-state index is 13.9. The molecule has 0 unspecified atom stereocenters. The van der Waals surface area contributed by atoms with Crippen LogP contribution in [0.1, 0.15) is 33.5 Å². The van der Waals surface area contributed by atoms with Crippen LogP contribution >= 0.6 is 0 Å². The zero-order chi connectivity index (χ0) is 23.5. The van der Waals surface area contributed by atoms with Gasteiger partial charge in [0.2, 0.25) is 0 Å². The first-order valence-electron chi connectivity index (χ1n) is 10.4. The van der Waals surface area contributed by atoms with Crippen LogP contribution in [0.5, 0.6) is 0 Å². The highest BCUT2D eigenvalue weighted by Crippen LogP contribution is 2.24. The fraction of sp³-hybridized carbons (Fsp3) is 0.160. The number of hydrogen-bond acceptors (Lipinski definition) is 5. The number of anilines is 1. The number of ketones is 1. The van der Waals surface area contributed by atoms with Gasteiger partial charge in [-0.05, 0) is 48.1 Å². The van der Waals surface area contributed by atoms with Gasteiger partial charge in [0.1, 0.15) is 17.2 Å². The third-order valence-electron chi connectivity index (χ3n) is 5.55. The topological polar surface area (TPSA) is 98.2 Å². The van der Waals surface area contributed by atoms with Crippen LogP contribution in [0.2, 0.25) is 0 Å². The molecule has 0 saturated heterocycles. The largest absolute Gasteiger partial charge is 0.423 e. The van der Waals surface area contributed by atoms with E-state index < -0.39 is 23.0 Å². The third-order valence-corrected chi connectivity index (χ3v) is 5.55. The molecule has 2 aromatic heterocycles. The van der Waals surface area contributed by atoms with Gasteiger partial charge in [0.05, 0.1) is 5.69 Å². The monoisotopic (exact) mass is 449 g/mol. The fourth-order valence-electron chi connectivity index (χ4n) is 3.76. The molecule has 0 atom stereocenters. The molecular formula is C25H21F2N3O3. The highest BCUT2D eigenvalue weighted by Gasteiger charge is 2.22. The van der Waals surface area contributed by atoms with E-state index in [0.717, 1.165) is 29.7 Å². The van der Waals surface area contributed by atoms with Crippen molar-refractivity contribution in [2.75, 3.05) is 5.73 Å². The van der Waals surface area contributed by atoms with Crippen LogP contribution < -0.4 is 11.3 Å². The molecule has 0 bridgehead atoms. The second-order valence-corrected chi connectivity index (χ2v) is 7.76. The Morgan fingerprint density at radius 2 is 1.73 bits per heavy atom. The zero-order valence-electron chi connectivity index (χ0n) is 17.6. The molecule has 0 fully saturated rings. The first-order chi connectivity index (χ1) is 15.8. The second-order valence-electron chi connectivity index (χ2n) is 7.76. The van der Waals surface area contributed by atoms with Crippen molar-refractivity contribution in [3.63, 3.8) is 0 Å². The number of aromatic nitrogens is 2. The van der Waals surface area contributed by atoms with Gasteiger partial charge in [0.25, 0.3) is 5.56 Å². The molecule has 2 aromatic carbocycles. The summed E-state index contributed by atoms with van der Waals surface area (Å²) in [6.07, 6.45) is 2.65. The Balaban J connectivity index is 1.63. The van der Waals surface area contributed by atoms with E-state index in [1.165, 1.54) is 6.07 Å². The Labute approximate surface area is 187 Å². The number of nitrogen functional groups attached to an aromatic ring is 1. The molecule has 33 heavy (non-hydrogen) atoms. The Morgan fingerprint density at radius 3 is 2.45 bits per heavy atom. The van der Waals surface area contributed by atoms with Crippen molar-refractivity contribution < 1.29 is 18.8 Å². The van der Waals surface area contributed by atoms with E-state index in [-0.39, 0.29) is 40.7 Å². The van der Waals surface area contributed by atoms with Gasteiger partial charge in [-0.15, -0.1) is 4.73 Å². The summed E-state index contributed by atoms with van der Waals surface area (Å²) in [7, 11) is 0. The summed E-state index contributed by atoms with van der Waals surface area (Å²) >= 11 is 0. The summed E-state index contributed by atoms with van der Waals surface area (Å²) in [5.41, 5.74) is 6.77. The number of hydrogen-bond donors (Lipinski definition) is 2. The second kappa shape index (κ2) is 9.20. The summed E-state index contributed by atoms with van der Waals surface area (Å²) in [5.74, 6) is -2.15. The number of nitrogens with two attached hydrogens (primary N) is 1. The third kappa shape index (κ3) is 4.59. The summed E-state index contributed by atoms with van der Waals surface area (Å²) in [4.78, 5) is 29.6. The molecule has 0 amide bonds. The molecule has 8 heteroatoms. The smallest absolute Gasteiger partial charge is 0.297 e. The van der Waals surface area contributed by atoms with E-state index in [1.54, 1.807) is 12.3 Å². The van der Waals surface area contributed by atoms with Crippen LogP contribution in [-0.2, 0) is 19.3 Å². The zero-order valence-corrected chi connectivity index (χ0v) is 17.6. The molecule has 6 nitrogen and oxygen atoms in total. The van der Waals surface area contributed by atoms with Crippen LogP contribution in [-0.4, -0.2) is 20.7 Å². The minimum atomic E-state index is -0.992. The number of halogens is 2. The molecule has 0 spiro atoms. The van der Waals surface area contributed by atoms with Gasteiger partial charge >= 0.3 is 0 Å². The van der Waals surface area contributed by atoms with Crippen molar-refractivity contribution in [2.45, 2.75) is 25.7 Å². The molecular weight excluding hydrogens is 428 g/mol. The van der Waals surface area contributed by atoms with Crippen LogP contribution in [0.25, 0.3) is 11.0 Å². The molecule has 0 radical (unpaired) electrons. The normalized spacial score (nSPS) is 11.1. The van der Waals surface area contributed by atoms with Gasteiger partial charge in [-0.3, -0.25) is 9.59 Å². The minimum Gasteiger partial charge on any atom is -0.423 e.